The third kappa shape index (κ3) is 22.0. The van der Waals surface area contributed by atoms with Crippen molar-refractivity contribution in [3.8, 4) is 33.8 Å². The molecule has 35 heteroatoms. The summed E-state index contributed by atoms with van der Waals surface area (Å²) in [6, 6.07) is 38.7. The summed E-state index contributed by atoms with van der Waals surface area (Å²) < 4.78 is 16.7. The third-order valence-corrected chi connectivity index (χ3v) is 21.7. The lowest BCUT2D eigenvalue weighted by Crippen LogP contribution is -2.54. The van der Waals surface area contributed by atoms with Crippen LogP contribution >= 0.6 is 0 Å². The van der Waals surface area contributed by atoms with Gasteiger partial charge in [-0.15, -0.1) is 0 Å². The van der Waals surface area contributed by atoms with Crippen LogP contribution in [-0.4, -0.2) is 195 Å². The number of aliphatic carboxylic acids is 1. The minimum absolute atomic E-state index is 0.0149. The number of esters is 1. The van der Waals surface area contributed by atoms with Gasteiger partial charge in [-0.2, -0.15) is 0 Å². The minimum atomic E-state index is -1.11. The first kappa shape index (κ1) is 93.4. The molecule has 2 fully saturated rings. The predicted molar refractivity (Wildman–Crippen MR) is 482 cm³/mol. The first-order valence-corrected chi connectivity index (χ1v) is 42.2. The van der Waals surface area contributed by atoms with Crippen molar-refractivity contribution in [1.82, 2.24) is 61.6 Å². The maximum absolute atomic E-state index is 13.4. The molecule has 8 heterocycles. The highest BCUT2D eigenvalue weighted by molar-refractivity contribution is 6.27. The molecule has 0 saturated carbocycles. The number of Topliss-reactive ketones (excluding diaryl/α,β-unsaturated/α-hetero) is 1. The number of methoxy groups -OCH3 is 2. The average molecular weight is 1770 g/mol. The number of aromatic nitrogens is 4. The number of ketones is 1. The number of nitrogens with one attached hydrogen (secondary N) is 10. The van der Waals surface area contributed by atoms with E-state index < -0.39 is 83.0 Å². The largest absolute Gasteiger partial charge is 0.496 e. The van der Waals surface area contributed by atoms with E-state index in [0.717, 1.165) is 50.5 Å². The Hall–Kier alpha value is -15.7. The number of imide groups is 4. The molecule has 35 nitrogen and oxygen atoms in total. The van der Waals surface area contributed by atoms with Gasteiger partial charge in [-0.3, -0.25) is 112 Å². The number of amides is 12. The van der Waals surface area contributed by atoms with Gasteiger partial charge in [0.2, 0.25) is 23.6 Å². The number of hydrogen-bond donors (Lipinski definition) is 11. The summed E-state index contributed by atoms with van der Waals surface area (Å²) in [5.41, 5.74) is 8.55. The van der Waals surface area contributed by atoms with Crippen LogP contribution in [0, 0.1) is 0 Å². The second kappa shape index (κ2) is 42.1. The van der Waals surface area contributed by atoms with Crippen LogP contribution in [0.1, 0.15) is 195 Å². The summed E-state index contributed by atoms with van der Waals surface area (Å²) in [7, 11) is 6.27. The van der Waals surface area contributed by atoms with E-state index in [1.54, 1.807) is 90.2 Å². The van der Waals surface area contributed by atoms with Gasteiger partial charge < -0.3 is 61.9 Å². The molecule has 2 saturated heterocycles. The fourth-order valence-corrected chi connectivity index (χ4v) is 15.1. The zero-order chi connectivity index (χ0) is 93.2. The number of benzene rings is 6. The number of pyridine rings is 4. The molecular formula is C95H98N16O19. The fourth-order valence-electron chi connectivity index (χ4n) is 15.1. The van der Waals surface area contributed by atoms with E-state index in [-0.39, 0.29) is 107 Å². The molecule has 130 heavy (non-hydrogen) atoms. The van der Waals surface area contributed by atoms with E-state index in [1.807, 2.05) is 106 Å². The Morgan fingerprint density at radius 2 is 0.900 bits per heavy atom. The summed E-state index contributed by atoms with van der Waals surface area (Å²) in [6.07, 6.45) is 11.1. The number of piperidine rings is 2. The number of carboxylic acids is 1. The molecule has 0 aliphatic carbocycles. The molecule has 12 amide bonds. The summed E-state index contributed by atoms with van der Waals surface area (Å²) in [6.45, 7) is 9.48. The predicted octanol–water partition coefficient (Wildman–Crippen LogP) is 11.2. The third-order valence-electron chi connectivity index (χ3n) is 21.7. The van der Waals surface area contributed by atoms with Crippen LogP contribution in [0.25, 0.3) is 44.1 Å². The molecule has 10 aromatic rings. The van der Waals surface area contributed by atoms with Crippen molar-refractivity contribution in [3.63, 3.8) is 0 Å². The van der Waals surface area contributed by atoms with E-state index in [9.17, 15) is 71.9 Å². The lowest BCUT2D eigenvalue weighted by Gasteiger charge is -2.27. The van der Waals surface area contributed by atoms with E-state index in [4.69, 9.17) is 19.3 Å². The molecule has 0 radical (unpaired) electrons. The second-order valence-electron chi connectivity index (χ2n) is 31.8. The normalized spacial score (nSPS) is 14.9. The Bertz CT molecular complexity index is 6090. The first-order chi connectivity index (χ1) is 62.4. The second-order valence-corrected chi connectivity index (χ2v) is 31.8. The summed E-state index contributed by atoms with van der Waals surface area (Å²) in [5.74, 6) is -6.39. The van der Waals surface area contributed by atoms with E-state index in [0.29, 0.717) is 112 Å². The number of carbonyl (C=O) groups excluding carboxylic acids is 14. The molecule has 0 spiro atoms. The quantitative estimate of drug-likeness (QED) is 0.0106. The molecule has 4 aliphatic heterocycles. The van der Waals surface area contributed by atoms with Crippen LogP contribution in [0.15, 0.2) is 170 Å². The van der Waals surface area contributed by atoms with Gasteiger partial charge in [-0.05, 0) is 146 Å². The Balaban J connectivity index is 0.000000192. The molecule has 4 aromatic heterocycles. The van der Waals surface area contributed by atoms with Crippen molar-refractivity contribution in [3.05, 3.63) is 215 Å². The van der Waals surface area contributed by atoms with E-state index in [2.05, 4.69) is 73.1 Å². The number of anilines is 6. The number of nitrogens with zero attached hydrogens (tertiary/aromatic N) is 6. The van der Waals surface area contributed by atoms with Crippen LogP contribution in [0.2, 0.25) is 0 Å². The Kier molecular flexibility index (Phi) is 30.2. The summed E-state index contributed by atoms with van der Waals surface area (Å²) in [5, 5.41) is 38.4. The Morgan fingerprint density at radius 3 is 1.28 bits per heavy atom. The van der Waals surface area contributed by atoms with Crippen molar-refractivity contribution in [2.45, 2.75) is 141 Å². The number of carbonyl (C=O) groups is 15. The lowest BCUT2D eigenvalue weighted by molar-refractivity contribution is -0.155. The number of unbranched alkanes of at least 4 members (excludes halogenated alkanes) is 4. The monoisotopic (exact) mass is 1770 g/mol. The molecule has 2 unspecified atom stereocenters. The van der Waals surface area contributed by atoms with Crippen molar-refractivity contribution < 1.29 is 91.2 Å². The molecule has 0 bridgehead atoms. The van der Waals surface area contributed by atoms with Crippen molar-refractivity contribution in [2.75, 3.05) is 62.7 Å². The smallest absolute Gasteiger partial charge is 0.325 e. The summed E-state index contributed by atoms with van der Waals surface area (Å²) in [4.78, 5) is 206. The van der Waals surface area contributed by atoms with Crippen molar-refractivity contribution >= 4 is 145 Å². The topological polar surface area (TPSA) is 482 Å². The molecular weight excluding hydrogens is 1670 g/mol. The Labute approximate surface area is 746 Å². The van der Waals surface area contributed by atoms with Crippen molar-refractivity contribution in [2.24, 2.45) is 0 Å². The van der Waals surface area contributed by atoms with Crippen LogP contribution < -0.4 is 62.6 Å². The highest BCUT2D eigenvalue weighted by atomic mass is 16.6. The van der Waals surface area contributed by atoms with E-state index in [1.165, 1.54) is 37.4 Å². The van der Waals surface area contributed by atoms with Gasteiger partial charge in [0, 0.05) is 146 Å². The molecule has 4 aliphatic rings. The SMILES string of the molecule is CNC(=O)c1cnc2cc(OC)c(-c3ccc(C(=O)NCCCCCC(=O)OC(C)(C)C)nc3)cc2c1Nc1ccccc1.CNC(=O)c1cnc2cc(OC)c(-c3ccc(C(=O)NCCCCCC(=O)[C@H](C)Nc4cccc5c4C(=O)N(C4CCC(=O)NC4=O)C5=O)nc3)cc2c1Nc1ccccc1.C[C@@H](Nc1cccc2c1C(=O)N(C1CCC(=O)NC1=O)C2=O)C(=O)O. The minimum Gasteiger partial charge on any atom is -0.496 e. The maximum Gasteiger partial charge on any atom is 0.325 e. The highest BCUT2D eigenvalue weighted by Crippen LogP contribution is 2.42. The molecule has 11 N–H and O–H groups in total. The summed E-state index contributed by atoms with van der Waals surface area (Å²) >= 11 is 0. The maximum atomic E-state index is 13.4. The molecule has 4 atom stereocenters. The van der Waals surface area contributed by atoms with Gasteiger partial charge in [-0.1, -0.05) is 73.5 Å². The molecule has 672 valence electrons. The number of para-hydroxylation sites is 2. The Morgan fingerprint density at radius 1 is 0.477 bits per heavy atom. The van der Waals surface area contributed by atoms with Gasteiger partial charge in [-0.25, -0.2) is 0 Å². The zero-order valence-electron chi connectivity index (χ0n) is 72.9. The molecule has 6 aromatic carbocycles. The number of fused-ring (bicyclic) bond motifs is 4. The zero-order valence-corrected chi connectivity index (χ0v) is 72.9. The van der Waals surface area contributed by atoms with Gasteiger partial charge >= 0.3 is 11.9 Å². The van der Waals surface area contributed by atoms with Gasteiger partial charge in [0.05, 0.1) is 76.1 Å². The number of hydrogen-bond acceptors (Lipinski definition) is 26. The first-order valence-electron chi connectivity index (χ1n) is 42.2. The number of carboxylic acid groups (broad SMARTS) is 1. The number of rotatable bonds is 32. The van der Waals surface area contributed by atoms with Gasteiger partial charge in [0.15, 0.2) is 5.78 Å². The van der Waals surface area contributed by atoms with Crippen molar-refractivity contribution in [1.29, 1.82) is 0 Å². The van der Waals surface area contributed by atoms with Crippen LogP contribution in [-0.2, 0) is 38.3 Å². The van der Waals surface area contributed by atoms with E-state index >= 15 is 0 Å². The van der Waals surface area contributed by atoms with Gasteiger partial charge in [0.25, 0.3) is 47.3 Å². The average Bonchev–Trinajstić information content (AvgIpc) is 1.41. The van der Waals surface area contributed by atoms with Crippen LogP contribution in [0.5, 0.6) is 11.5 Å². The van der Waals surface area contributed by atoms with Gasteiger partial charge in [0.1, 0.15) is 46.6 Å². The standard InChI is InChI=1S/C45H44N8O8.C34H39N5O5.C16H15N3O6/c1-25(50-32-14-10-13-28-39(32)45(60)53(44(28)59)35-18-19-38(55)52-43(35)58)36(54)15-8-5-9-20-47-42(57)33-17-16-26(23-48-33)29-21-30-34(22-37(29)61-3)49-24-31(41(56)46-2)40(30)51-27-11-6-4-7-12-27;1-34(2,3)44-30(40)14-10-7-11-17-36-33(42)27-16-15-22(20-37-27)24-18-25-28(19-29(24)43-5)38-21-26(32(41)35-4)31(25)39-23-12-8-6-9-13-23;1-7(16(24)25)17-9-4-2-3-8-12(9)15(23)19(14(8)22)10-5-6-11(20)18-13(10)21/h4,6-7,10-14,16-17,21-25,35,50H,5,8-9,15,18-20H2,1-3H3,(H,46,56)(H,47,57)(H,49,51)(H,52,55,58);6,8-9,12-13,15-16,18-21H,7,10-11,14,17H2,1-5H3,(H,35,41)(H,36,42)(H,38,39);2-4,7,10,17H,5-6H2,1H3,(H,24,25)(H,18,20,21)/t25-,35?;;7-,10?/m0.1/s1. The molecule has 14 rings (SSSR count). The van der Waals surface area contributed by atoms with Crippen LogP contribution in [0.4, 0.5) is 34.1 Å². The van der Waals surface area contributed by atoms with Crippen LogP contribution in [0.3, 0.4) is 0 Å². The highest BCUT2D eigenvalue weighted by Gasteiger charge is 2.48. The fraction of sp³-hybridized carbons (Fsp3) is 0.295. The number of ether oxygens (including phenoxy) is 3. The lowest BCUT2D eigenvalue weighted by atomic mass is 10.0.